The molecule has 36 heavy (non-hydrogen) atoms. The molecule has 0 bridgehead atoms. The molecule has 2 saturated carbocycles. The van der Waals surface area contributed by atoms with E-state index in [2.05, 4.69) is 10.3 Å². The summed E-state index contributed by atoms with van der Waals surface area (Å²) in [6.07, 6.45) is 5.24. The number of hydrogen-bond acceptors (Lipinski definition) is 7. The number of halogens is 1. The van der Waals surface area contributed by atoms with E-state index in [9.17, 15) is 19.1 Å². The van der Waals surface area contributed by atoms with Crippen LogP contribution in [0, 0.1) is 5.92 Å². The maximum atomic E-state index is 12.3. The Kier molecular flexibility index (Phi) is 8.37. The Morgan fingerprint density at radius 2 is 2.03 bits per heavy atom. The van der Waals surface area contributed by atoms with Crippen LogP contribution in [0.2, 0.25) is 0 Å². The summed E-state index contributed by atoms with van der Waals surface area (Å²) in [4.78, 5) is 30.1. The van der Waals surface area contributed by atoms with E-state index < -0.39 is 18.7 Å². The average Bonchev–Trinajstić information content (AvgIpc) is 3.65. The second kappa shape index (κ2) is 11.7. The number of aryl methyl sites for hydroxylation is 1. The summed E-state index contributed by atoms with van der Waals surface area (Å²) in [5, 5.41) is 17.8. The van der Waals surface area contributed by atoms with Gasteiger partial charge >= 0.3 is 12.1 Å². The highest BCUT2D eigenvalue weighted by Crippen LogP contribution is 2.44. The first-order chi connectivity index (χ1) is 17.4. The van der Waals surface area contributed by atoms with Crippen molar-refractivity contribution in [2.45, 2.75) is 70.0 Å². The van der Waals surface area contributed by atoms with Crippen molar-refractivity contribution in [2.75, 3.05) is 20.3 Å². The summed E-state index contributed by atoms with van der Waals surface area (Å²) in [6.45, 7) is -0.0141. The number of nitrogens with zero attached hydrogens (tertiary/aromatic N) is 5. The minimum Gasteiger partial charge on any atom is -0.488 e. The Hall–Kier alpha value is -3.24. The lowest BCUT2D eigenvalue weighted by atomic mass is 9.87. The van der Waals surface area contributed by atoms with Gasteiger partial charge in [0.1, 0.15) is 23.7 Å². The lowest BCUT2D eigenvalue weighted by molar-refractivity contribution is -0.143. The fourth-order valence-corrected chi connectivity index (χ4v) is 4.51. The zero-order chi connectivity index (χ0) is 25.7. The third-order valence-corrected chi connectivity index (χ3v) is 6.83. The average molecular weight is 504 g/mol. The lowest BCUT2D eigenvalue weighted by Gasteiger charge is -2.28. The molecule has 0 aliphatic heterocycles. The molecule has 2 aromatic rings. The lowest BCUT2D eigenvalue weighted by Crippen LogP contribution is -2.29. The van der Waals surface area contributed by atoms with Crippen LogP contribution in [-0.2, 0) is 23.2 Å². The second-order valence-electron chi connectivity index (χ2n) is 9.68. The van der Waals surface area contributed by atoms with Gasteiger partial charge < -0.3 is 19.5 Å². The van der Waals surface area contributed by atoms with Crippen molar-refractivity contribution in [1.29, 1.82) is 0 Å². The molecule has 2 atom stereocenters. The number of ether oxygens (including phenoxy) is 2. The van der Waals surface area contributed by atoms with Crippen molar-refractivity contribution >= 4 is 12.1 Å². The zero-order valence-corrected chi connectivity index (χ0v) is 20.9. The molecule has 0 saturated heterocycles. The van der Waals surface area contributed by atoms with E-state index in [1.807, 2.05) is 12.1 Å². The third kappa shape index (κ3) is 6.30. The number of carboxylic acid groups (broad SMARTS) is 1. The Morgan fingerprint density at radius 1 is 1.22 bits per heavy atom. The molecule has 0 spiro atoms. The van der Waals surface area contributed by atoms with Crippen LogP contribution in [-0.4, -0.2) is 68.4 Å². The number of carbonyl (C=O) groups is 2. The van der Waals surface area contributed by atoms with Crippen molar-refractivity contribution in [3.8, 4) is 17.1 Å². The van der Waals surface area contributed by atoms with Crippen LogP contribution in [0.3, 0.4) is 0 Å². The van der Waals surface area contributed by atoms with Crippen LogP contribution >= 0.6 is 0 Å². The van der Waals surface area contributed by atoms with E-state index in [0.717, 1.165) is 31.4 Å². The summed E-state index contributed by atoms with van der Waals surface area (Å²) in [5.74, 6) is -0.132. The highest BCUT2D eigenvalue weighted by molar-refractivity contribution is 5.70. The molecule has 0 aromatic carbocycles. The van der Waals surface area contributed by atoms with Crippen LogP contribution in [0.15, 0.2) is 12.1 Å². The number of pyridine rings is 1. The van der Waals surface area contributed by atoms with E-state index in [0.29, 0.717) is 61.0 Å². The number of aliphatic carboxylic acids is 1. The molecule has 10 nitrogen and oxygen atoms in total. The molecule has 4 rings (SSSR count). The number of carbonyl (C=O) groups excluding carboxylic acids is 1. The first-order valence-corrected chi connectivity index (χ1v) is 12.6. The molecule has 2 aromatic heterocycles. The van der Waals surface area contributed by atoms with Gasteiger partial charge in [-0.2, -0.15) is 0 Å². The predicted molar refractivity (Wildman–Crippen MR) is 128 cm³/mol. The highest BCUT2D eigenvalue weighted by Gasteiger charge is 2.33. The number of rotatable bonds is 11. The SMILES string of the molecule is CN(CCCCF)C(=O)OCc1c(-c2ccc(O[C@H]3CCC[C@H](C(=O)O)C3)c(C3CC3)n2)nnn1C. The van der Waals surface area contributed by atoms with Gasteiger partial charge in [0.05, 0.1) is 30.1 Å². The van der Waals surface area contributed by atoms with Gasteiger partial charge in [0.2, 0.25) is 0 Å². The first-order valence-electron chi connectivity index (χ1n) is 12.6. The number of carboxylic acids is 1. The van der Waals surface area contributed by atoms with Crippen molar-refractivity contribution < 1.29 is 28.6 Å². The van der Waals surface area contributed by atoms with Gasteiger partial charge in [0, 0.05) is 26.6 Å². The van der Waals surface area contributed by atoms with Crippen LogP contribution in [0.25, 0.3) is 11.4 Å². The van der Waals surface area contributed by atoms with E-state index in [1.165, 1.54) is 4.90 Å². The minimum absolute atomic E-state index is 0.0253. The fourth-order valence-electron chi connectivity index (χ4n) is 4.51. The standard InChI is InChI=1S/C25H34FN5O5/c1-30(13-4-3-12-26)25(34)35-15-20-23(28-29-31(20)2)19-10-11-21(22(27-19)16-8-9-16)36-18-7-5-6-17(14-18)24(32)33/h10-11,16-18H,3-9,12-15H2,1-2H3,(H,32,33)/t17-,18-/m0/s1. The molecule has 11 heteroatoms. The van der Waals surface area contributed by atoms with Crippen LogP contribution in [0.1, 0.15) is 68.7 Å². The van der Waals surface area contributed by atoms with Crippen LogP contribution in [0.5, 0.6) is 5.75 Å². The maximum Gasteiger partial charge on any atom is 0.409 e. The van der Waals surface area contributed by atoms with Gasteiger partial charge in [-0.3, -0.25) is 9.18 Å². The quantitative estimate of drug-likeness (QED) is 0.455. The monoisotopic (exact) mass is 503 g/mol. The van der Waals surface area contributed by atoms with Gasteiger partial charge in [0.25, 0.3) is 0 Å². The van der Waals surface area contributed by atoms with Gasteiger partial charge in [-0.25, -0.2) is 14.5 Å². The molecule has 1 N–H and O–H groups in total. The van der Waals surface area contributed by atoms with Crippen LogP contribution in [0.4, 0.5) is 9.18 Å². The van der Waals surface area contributed by atoms with Crippen LogP contribution < -0.4 is 4.74 Å². The highest BCUT2D eigenvalue weighted by atomic mass is 19.1. The van der Waals surface area contributed by atoms with Gasteiger partial charge in [-0.05, 0) is 63.5 Å². The molecule has 2 aliphatic rings. The predicted octanol–water partition coefficient (Wildman–Crippen LogP) is 4.09. The zero-order valence-electron chi connectivity index (χ0n) is 20.9. The molecule has 2 heterocycles. The molecular formula is C25H34FN5O5. The summed E-state index contributed by atoms with van der Waals surface area (Å²) in [5.41, 5.74) is 2.61. The first kappa shape index (κ1) is 25.8. The third-order valence-electron chi connectivity index (χ3n) is 6.83. The van der Waals surface area contributed by atoms with Gasteiger partial charge in [0.15, 0.2) is 0 Å². The van der Waals surface area contributed by atoms with E-state index in [-0.39, 0.29) is 18.6 Å². The normalized spacial score (nSPS) is 19.6. The summed E-state index contributed by atoms with van der Waals surface area (Å²) in [7, 11) is 3.35. The second-order valence-corrected chi connectivity index (χ2v) is 9.68. The summed E-state index contributed by atoms with van der Waals surface area (Å²) < 4.78 is 25.6. The van der Waals surface area contributed by atoms with Crippen molar-refractivity contribution in [3.05, 3.63) is 23.5 Å². The number of aromatic nitrogens is 4. The van der Waals surface area contributed by atoms with E-state index in [4.69, 9.17) is 14.5 Å². The maximum absolute atomic E-state index is 12.3. The largest absolute Gasteiger partial charge is 0.488 e. The van der Waals surface area contributed by atoms with Crippen molar-refractivity contribution in [3.63, 3.8) is 0 Å². The molecular weight excluding hydrogens is 469 g/mol. The minimum atomic E-state index is -0.763. The van der Waals surface area contributed by atoms with Crippen molar-refractivity contribution in [2.24, 2.45) is 13.0 Å². The van der Waals surface area contributed by atoms with Gasteiger partial charge in [-0.15, -0.1) is 5.10 Å². The van der Waals surface area contributed by atoms with Gasteiger partial charge in [-0.1, -0.05) is 5.21 Å². The summed E-state index contributed by atoms with van der Waals surface area (Å²) in [6, 6.07) is 3.70. The number of hydrogen-bond donors (Lipinski definition) is 1. The Morgan fingerprint density at radius 3 is 2.75 bits per heavy atom. The molecule has 1 amide bonds. The Labute approximate surface area is 209 Å². The number of amides is 1. The van der Waals surface area contributed by atoms with E-state index >= 15 is 0 Å². The molecule has 2 aliphatic carbocycles. The smallest absolute Gasteiger partial charge is 0.409 e. The fraction of sp³-hybridized carbons (Fsp3) is 0.640. The number of unbranched alkanes of at least 4 members (excludes halogenated alkanes) is 1. The van der Waals surface area contributed by atoms with E-state index in [1.54, 1.807) is 18.8 Å². The Balaban J connectivity index is 1.47. The molecule has 0 unspecified atom stereocenters. The molecule has 0 radical (unpaired) electrons. The number of alkyl halides is 1. The van der Waals surface area contributed by atoms with Crippen molar-refractivity contribution in [1.82, 2.24) is 24.9 Å². The Bertz CT molecular complexity index is 1070. The topological polar surface area (TPSA) is 120 Å². The molecule has 2 fully saturated rings. The summed E-state index contributed by atoms with van der Waals surface area (Å²) >= 11 is 0. The molecule has 196 valence electrons.